The minimum atomic E-state index is -1.42. The molecule has 200 valence electrons. The number of aryl methyl sites for hydroxylation is 1. The van der Waals surface area contributed by atoms with Gasteiger partial charge in [-0.3, -0.25) is 14.2 Å². The molecule has 1 aliphatic rings. The summed E-state index contributed by atoms with van der Waals surface area (Å²) in [5.41, 5.74) is 8.65. The lowest BCUT2D eigenvalue weighted by Crippen LogP contribution is -2.42. The minimum Gasteiger partial charge on any atom is -0.481 e. The quantitative estimate of drug-likeness (QED) is 0.208. The van der Waals surface area contributed by atoms with Crippen LogP contribution in [0.2, 0.25) is 0 Å². The van der Waals surface area contributed by atoms with Gasteiger partial charge in [0.1, 0.15) is 17.7 Å². The number of likely N-dealkylation sites (N-methyl/N-ethyl adjacent to an activating group) is 1. The van der Waals surface area contributed by atoms with Gasteiger partial charge in [-0.2, -0.15) is 9.97 Å². The first-order valence-corrected chi connectivity index (χ1v) is 11.6. The van der Waals surface area contributed by atoms with Gasteiger partial charge in [-0.25, -0.2) is 4.98 Å². The van der Waals surface area contributed by atoms with Gasteiger partial charge >= 0.3 is 5.97 Å². The summed E-state index contributed by atoms with van der Waals surface area (Å²) >= 11 is 0. The molecule has 1 aliphatic heterocycles. The van der Waals surface area contributed by atoms with Gasteiger partial charge in [-0.1, -0.05) is 24.3 Å². The van der Waals surface area contributed by atoms with Crippen LogP contribution in [0.4, 0.5) is 11.8 Å². The lowest BCUT2D eigenvalue weighted by molar-refractivity contribution is -0.138. The van der Waals surface area contributed by atoms with Crippen molar-refractivity contribution in [1.29, 1.82) is 0 Å². The van der Waals surface area contributed by atoms with E-state index < -0.39 is 36.4 Å². The van der Waals surface area contributed by atoms with Crippen LogP contribution in [0.15, 0.2) is 30.6 Å². The molecule has 3 aromatic rings. The van der Waals surface area contributed by atoms with Crippen molar-refractivity contribution in [3.63, 3.8) is 0 Å². The van der Waals surface area contributed by atoms with E-state index in [1.165, 1.54) is 10.9 Å². The number of aliphatic hydroxyl groups excluding tert-OH is 2. The van der Waals surface area contributed by atoms with Gasteiger partial charge in [0.05, 0.1) is 6.33 Å². The average Bonchev–Trinajstić information content (AvgIpc) is 3.40. The van der Waals surface area contributed by atoms with E-state index in [1.54, 1.807) is 6.92 Å². The highest BCUT2D eigenvalue weighted by Crippen LogP contribution is 2.32. The van der Waals surface area contributed by atoms with E-state index in [-0.39, 0.29) is 36.2 Å². The van der Waals surface area contributed by atoms with Crippen LogP contribution in [-0.4, -0.2) is 78.1 Å². The van der Waals surface area contributed by atoms with Crippen molar-refractivity contribution in [3.8, 4) is 0 Å². The highest BCUT2D eigenvalue weighted by molar-refractivity contribution is 5.85. The first-order chi connectivity index (χ1) is 17.3. The predicted molar refractivity (Wildman–Crippen MR) is 136 cm³/mol. The van der Waals surface area contributed by atoms with Crippen LogP contribution in [0.3, 0.4) is 0 Å². The number of hydrogen-bond acceptors (Lipinski definition) is 10. The van der Waals surface area contributed by atoms with E-state index in [9.17, 15) is 19.8 Å². The largest absolute Gasteiger partial charge is 0.481 e. The fourth-order valence-electron chi connectivity index (χ4n) is 4.03. The van der Waals surface area contributed by atoms with E-state index >= 15 is 0 Å². The zero-order valence-electron chi connectivity index (χ0n) is 20.1. The molecule has 4 atom stereocenters. The van der Waals surface area contributed by atoms with Crippen molar-refractivity contribution in [3.05, 3.63) is 41.7 Å². The number of benzene rings is 1. The monoisotopic (exact) mass is 535 g/mol. The molecule has 1 aromatic carbocycles. The summed E-state index contributed by atoms with van der Waals surface area (Å²) in [6.45, 7) is 2.59. The summed E-state index contributed by atoms with van der Waals surface area (Å²) in [4.78, 5) is 35.8. The maximum Gasteiger partial charge on any atom is 0.303 e. The SMILES string of the molecule is CCNC(=O)C1OC(n2cnc3c(N)nc(NCCc4ccc(CCC(=O)O)cc4)nc32)C(O)C1O.Cl. The Labute approximate surface area is 218 Å². The molecule has 37 heavy (non-hydrogen) atoms. The number of hydrogen-bond donors (Lipinski definition) is 6. The molecule has 1 fully saturated rings. The Morgan fingerprint density at radius 2 is 1.78 bits per heavy atom. The molecule has 4 unspecified atom stereocenters. The summed E-state index contributed by atoms with van der Waals surface area (Å²) in [6.07, 6.45) is -2.56. The van der Waals surface area contributed by atoms with Gasteiger partial charge in [0, 0.05) is 19.5 Å². The highest BCUT2D eigenvalue weighted by atomic mass is 35.5. The van der Waals surface area contributed by atoms with E-state index in [2.05, 4.69) is 25.6 Å². The number of ether oxygens (including phenoxy) is 1. The molecule has 2 aromatic heterocycles. The van der Waals surface area contributed by atoms with Crippen LogP contribution in [0.1, 0.15) is 30.7 Å². The summed E-state index contributed by atoms with van der Waals surface area (Å²) in [7, 11) is 0. The van der Waals surface area contributed by atoms with Crippen LogP contribution in [0.25, 0.3) is 11.2 Å². The number of aromatic nitrogens is 4. The van der Waals surface area contributed by atoms with Gasteiger partial charge in [0.15, 0.2) is 23.8 Å². The summed E-state index contributed by atoms with van der Waals surface area (Å²) in [5, 5.41) is 35.4. The first kappa shape index (κ1) is 28.1. The normalized spacial score (nSPS) is 20.9. The molecule has 3 heterocycles. The molecule has 0 aliphatic carbocycles. The number of carbonyl (C=O) groups excluding carboxylic acids is 1. The number of carbonyl (C=O) groups is 2. The molecule has 14 heteroatoms. The predicted octanol–water partition coefficient (Wildman–Crippen LogP) is 0.257. The Morgan fingerprint density at radius 1 is 1.11 bits per heavy atom. The second-order valence-corrected chi connectivity index (χ2v) is 8.47. The number of nitrogen functional groups attached to an aromatic ring is 1. The van der Waals surface area contributed by atoms with E-state index in [4.69, 9.17) is 15.6 Å². The first-order valence-electron chi connectivity index (χ1n) is 11.6. The van der Waals surface area contributed by atoms with Crippen LogP contribution in [0.5, 0.6) is 0 Å². The third kappa shape index (κ3) is 6.25. The maximum atomic E-state index is 12.2. The lowest BCUT2D eigenvalue weighted by Gasteiger charge is -2.16. The minimum absolute atomic E-state index is 0. The number of aliphatic carboxylic acids is 1. The molecule has 0 spiro atoms. The summed E-state index contributed by atoms with van der Waals surface area (Å²) < 4.78 is 7.09. The van der Waals surface area contributed by atoms with Gasteiger partial charge in [0.2, 0.25) is 5.95 Å². The molecule has 7 N–H and O–H groups in total. The van der Waals surface area contributed by atoms with Crippen LogP contribution < -0.4 is 16.4 Å². The summed E-state index contributed by atoms with van der Waals surface area (Å²) in [5.74, 6) is -0.985. The Kier molecular flexibility index (Phi) is 9.21. The molecule has 4 rings (SSSR count). The Morgan fingerprint density at radius 3 is 2.43 bits per heavy atom. The number of halogens is 1. The fraction of sp³-hybridized carbons (Fsp3) is 0.435. The Balaban J connectivity index is 0.00000380. The second kappa shape index (κ2) is 12.1. The third-order valence-corrected chi connectivity index (χ3v) is 5.92. The number of rotatable bonds is 10. The van der Waals surface area contributed by atoms with E-state index in [0.29, 0.717) is 31.4 Å². The standard InChI is InChI=1S/C23H29N7O6.ClH/c1-2-25-21(35)18-16(33)17(34)22(36-18)30-11-27-15-19(24)28-23(29-20(15)30)26-10-9-13-5-3-12(4-6-13)7-8-14(31)32;/h3-6,11,16-18,22,33-34H,2,7-10H2,1H3,(H,25,35)(H,31,32)(H3,24,26,28,29);1H. The average molecular weight is 536 g/mol. The summed E-state index contributed by atoms with van der Waals surface area (Å²) in [6, 6.07) is 7.71. The Hall–Kier alpha value is -3.52. The number of nitrogens with two attached hydrogens (primary N) is 1. The molecular weight excluding hydrogens is 506 g/mol. The number of carboxylic acids is 1. The van der Waals surface area contributed by atoms with Gasteiger partial charge in [-0.05, 0) is 30.9 Å². The van der Waals surface area contributed by atoms with Crippen LogP contribution in [-0.2, 0) is 27.2 Å². The maximum absolute atomic E-state index is 12.2. The lowest BCUT2D eigenvalue weighted by atomic mass is 10.1. The van der Waals surface area contributed by atoms with E-state index in [1.807, 2.05) is 24.3 Å². The van der Waals surface area contributed by atoms with Crippen molar-refractivity contribution < 1.29 is 29.6 Å². The molecular formula is C23H30ClN7O6. The smallest absolute Gasteiger partial charge is 0.303 e. The molecule has 0 saturated carbocycles. The number of aliphatic hydroxyl groups is 2. The molecule has 1 amide bonds. The number of nitrogens with one attached hydrogen (secondary N) is 2. The van der Waals surface area contributed by atoms with Gasteiger partial charge in [0.25, 0.3) is 5.91 Å². The molecule has 13 nitrogen and oxygen atoms in total. The topological polar surface area (TPSA) is 198 Å². The number of amides is 1. The van der Waals surface area contributed by atoms with Crippen LogP contribution >= 0.6 is 12.4 Å². The number of imidazole rings is 1. The number of carboxylic acid groups (broad SMARTS) is 1. The molecule has 0 bridgehead atoms. The van der Waals surface area contributed by atoms with E-state index in [0.717, 1.165) is 11.1 Å². The number of nitrogens with zero attached hydrogens (tertiary/aromatic N) is 4. The third-order valence-electron chi connectivity index (χ3n) is 5.92. The van der Waals surface area contributed by atoms with Gasteiger partial charge in [-0.15, -0.1) is 12.4 Å². The van der Waals surface area contributed by atoms with Crippen molar-refractivity contribution in [2.24, 2.45) is 0 Å². The zero-order valence-corrected chi connectivity index (χ0v) is 20.9. The van der Waals surface area contributed by atoms with Crippen LogP contribution in [0, 0.1) is 0 Å². The van der Waals surface area contributed by atoms with Crippen molar-refractivity contribution in [1.82, 2.24) is 24.8 Å². The Bertz CT molecular complexity index is 1240. The van der Waals surface area contributed by atoms with Gasteiger partial charge < -0.3 is 36.4 Å². The fourth-order valence-corrected chi connectivity index (χ4v) is 4.03. The highest BCUT2D eigenvalue weighted by Gasteiger charge is 2.47. The second-order valence-electron chi connectivity index (χ2n) is 8.47. The number of anilines is 2. The van der Waals surface area contributed by atoms with Crippen molar-refractivity contribution in [2.75, 3.05) is 24.1 Å². The number of fused-ring (bicyclic) bond motifs is 1. The van der Waals surface area contributed by atoms with Crippen molar-refractivity contribution in [2.45, 2.75) is 50.7 Å². The molecule has 1 saturated heterocycles. The zero-order chi connectivity index (χ0) is 25.8. The van der Waals surface area contributed by atoms with Crippen molar-refractivity contribution >= 4 is 47.2 Å². The molecule has 0 radical (unpaired) electrons.